The number of hydrogen-bond acceptors (Lipinski definition) is 7. The minimum atomic E-state index is -0.505. The molecular formula is C20H25Br2N6O3P. The van der Waals surface area contributed by atoms with Crippen LogP contribution >= 0.6 is 40.7 Å². The number of halogens is 2. The number of H-pyrrole nitrogens is 1. The second kappa shape index (κ2) is 12.3. The van der Waals surface area contributed by atoms with Gasteiger partial charge in [0.1, 0.15) is 0 Å². The van der Waals surface area contributed by atoms with Crippen molar-refractivity contribution in [3.05, 3.63) is 45.9 Å². The Balaban J connectivity index is 0.000000216. The summed E-state index contributed by atoms with van der Waals surface area (Å²) in [4.78, 5) is 14.6. The SMILES string of the molecule is Brc1cnnc2[nH]ccc12.CC(C)(C)C(=O)OCn1ccc2c(Br)cnnc21.COPC. The average Bonchev–Trinajstić information content (AvgIpc) is 3.40. The maximum atomic E-state index is 11.7. The van der Waals surface area contributed by atoms with Crippen LogP contribution in [0.5, 0.6) is 0 Å². The zero-order valence-electron chi connectivity index (χ0n) is 18.4. The van der Waals surface area contributed by atoms with Crippen LogP contribution in [0.15, 0.2) is 45.9 Å². The Morgan fingerprint density at radius 2 is 1.75 bits per heavy atom. The molecule has 0 saturated heterocycles. The molecular weight excluding hydrogens is 563 g/mol. The number of nitrogens with one attached hydrogen (secondary N) is 1. The Labute approximate surface area is 204 Å². The summed E-state index contributed by atoms with van der Waals surface area (Å²) in [7, 11) is 2.33. The third-order valence-corrected chi connectivity index (χ3v) is 5.65. The van der Waals surface area contributed by atoms with Gasteiger partial charge in [-0.1, -0.05) is 0 Å². The van der Waals surface area contributed by atoms with Gasteiger partial charge < -0.3 is 14.2 Å². The maximum Gasteiger partial charge on any atom is 0.312 e. The topological polar surface area (TPSA) is 108 Å². The van der Waals surface area contributed by atoms with Crippen LogP contribution in [0.3, 0.4) is 0 Å². The molecule has 0 amide bonds. The van der Waals surface area contributed by atoms with Gasteiger partial charge in [0.2, 0.25) is 0 Å². The zero-order valence-corrected chi connectivity index (χ0v) is 22.6. The largest absolute Gasteiger partial charge is 0.443 e. The van der Waals surface area contributed by atoms with Gasteiger partial charge in [-0.2, -0.15) is 10.2 Å². The number of fused-ring (bicyclic) bond motifs is 2. The van der Waals surface area contributed by atoms with Crippen molar-refractivity contribution >= 4 is 68.7 Å². The molecule has 9 nitrogen and oxygen atoms in total. The zero-order chi connectivity index (χ0) is 23.7. The molecule has 0 aliphatic carbocycles. The van der Waals surface area contributed by atoms with Gasteiger partial charge in [0.25, 0.3) is 0 Å². The van der Waals surface area contributed by atoms with Crippen LogP contribution < -0.4 is 0 Å². The molecule has 0 fully saturated rings. The summed E-state index contributed by atoms with van der Waals surface area (Å²) < 4.78 is 13.4. The van der Waals surface area contributed by atoms with Crippen molar-refractivity contribution in [3.63, 3.8) is 0 Å². The number of rotatable bonds is 3. The molecule has 4 aromatic heterocycles. The minimum Gasteiger partial charge on any atom is -0.443 e. The highest BCUT2D eigenvalue weighted by molar-refractivity contribution is 9.11. The Kier molecular flexibility index (Phi) is 10.1. The summed E-state index contributed by atoms with van der Waals surface area (Å²) in [5.74, 6) is -0.243. The number of esters is 1. The van der Waals surface area contributed by atoms with Crippen LogP contribution in [0.2, 0.25) is 0 Å². The van der Waals surface area contributed by atoms with E-state index in [-0.39, 0.29) is 12.7 Å². The summed E-state index contributed by atoms with van der Waals surface area (Å²) >= 11 is 6.75. The second-order valence-corrected chi connectivity index (χ2v) is 9.89. The lowest BCUT2D eigenvalue weighted by Gasteiger charge is -2.16. The summed E-state index contributed by atoms with van der Waals surface area (Å²) in [6, 6.07) is 3.85. The van der Waals surface area contributed by atoms with Crippen LogP contribution in [0, 0.1) is 5.41 Å². The highest BCUT2D eigenvalue weighted by atomic mass is 79.9. The third-order valence-electron chi connectivity index (χ3n) is 3.98. The van der Waals surface area contributed by atoms with Crippen molar-refractivity contribution in [1.82, 2.24) is 29.9 Å². The number of carbonyl (C=O) groups excluding carboxylic acids is 1. The van der Waals surface area contributed by atoms with Crippen LogP contribution in [0.1, 0.15) is 20.8 Å². The molecule has 0 saturated carbocycles. The van der Waals surface area contributed by atoms with Gasteiger partial charge in [0, 0.05) is 48.0 Å². The van der Waals surface area contributed by atoms with Crippen molar-refractivity contribution in [1.29, 1.82) is 0 Å². The molecule has 172 valence electrons. The van der Waals surface area contributed by atoms with E-state index >= 15 is 0 Å². The van der Waals surface area contributed by atoms with E-state index in [1.54, 1.807) is 24.1 Å². The molecule has 1 unspecified atom stereocenters. The van der Waals surface area contributed by atoms with Crippen LogP contribution in [-0.4, -0.2) is 49.7 Å². The number of nitrogens with zero attached hydrogens (tertiary/aromatic N) is 5. The first kappa shape index (κ1) is 26.3. The van der Waals surface area contributed by atoms with E-state index in [9.17, 15) is 4.79 Å². The Morgan fingerprint density at radius 1 is 1.12 bits per heavy atom. The van der Waals surface area contributed by atoms with E-state index in [1.165, 1.54) is 0 Å². The highest BCUT2D eigenvalue weighted by Crippen LogP contribution is 2.22. The van der Waals surface area contributed by atoms with Crippen molar-refractivity contribution in [2.24, 2.45) is 5.41 Å². The van der Waals surface area contributed by atoms with Crippen molar-refractivity contribution in [2.75, 3.05) is 13.8 Å². The van der Waals surface area contributed by atoms with Gasteiger partial charge in [-0.25, -0.2) is 0 Å². The van der Waals surface area contributed by atoms with E-state index in [2.05, 4.69) is 61.8 Å². The van der Waals surface area contributed by atoms with E-state index in [0.717, 1.165) is 25.4 Å². The first-order valence-corrected chi connectivity index (χ1v) is 12.5. The smallest absolute Gasteiger partial charge is 0.312 e. The number of hydrogen-bond donors (Lipinski definition) is 1. The van der Waals surface area contributed by atoms with Crippen molar-refractivity contribution < 1.29 is 14.1 Å². The summed E-state index contributed by atoms with van der Waals surface area (Å²) in [5, 5.41) is 17.5. The fourth-order valence-corrected chi connectivity index (χ4v) is 3.07. The summed E-state index contributed by atoms with van der Waals surface area (Å²) in [6.07, 6.45) is 6.97. The molecule has 0 radical (unpaired) electrons. The van der Waals surface area contributed by atoms with E-state index in [1.807, 2.05) is 52.0 Å². The fraction of sp³-hybridized carbons (Fsp3) is 0.350. The standard InChI is InChI=1S/C12H14BrN3O2.C6H4BrN3.C2H7OP/c1-12(2,3)11(17)18-7-16-5-4-8-9(13)6-14-15-10(8)16;7-5-3-9-10-6-4(5)1-2-8-6;1-3-4-2/h4-6H,7H2,1-3H3;1-3H,(H,8,10);4H,1-2H3. The predicted octanol–water partition coefficient (Wildman–Crippen LogP) is 5.32. The quantitative estimate of drug-likeness (QED) is 0.255. The second-order valence-electron chi connectivity index (χ2n) is 7.37. The predicted molar refractivity (Wildman–Crippen MR) is 134 cm³/mol. The van der Waals surface area contributed by atoms with E-state index < -0.39 is 5.41 Å². The molecule has 0 aliphatic rings. The van der Waals surface area contributed by atoms with Crippen LogP contribution in [0.25, 0.3) is 22.1 Å². The van der Waals surface area contributed by atoms with E-state index in [0.29, 0.717) is 14.5 Å². The first-order valence-electron chi connectivity index (χ1n) is 9.46. The first-order chi connectivity index (χ1) is 15.2. The molecule has 32 heavy (non-hydrogen) atoms. The lowest BCUT2D eigenvalue weighted by molar-refractivity contribution is -0.156. The summed E-state index contributed by atoms with van der Waals surface area (Å²) in [6.45, 7) is 7.59. The lowest BCUT2D eigenvalue weighted by Crippen LogP contribution is -2.23. The van der Waals surface area contributed by atoms with Gasteiger partial charge in [-0.15, -0.1) is 10.2 Å². The minimum absolute atomic E-state index is 0.144. The van der Waals surface area contributed by atoms with Gasteiger partial charge in [0.05, 0.1) is 17.8 Å². The van der Waals surface area contributed by atoms with Crippen LogP contribution in [-0.2, 0) is 20.8 Å². The molecule has 0 aliphatic heterocycles. The van der Waals surface area contributed by atoms with Crippen molar-refractivity contribution in [3.8, 4) is 0 Å². The highest BCUT2D eigenvalue weighted by Gasteiger charge is 2.23. The summed E-state index contributed by atoms with van der Waals surface area (Å²) in [5.41, 5.74) is 0.996. The third kappa shape index (κ3) is 7.30. The average molecular weight is 588 g/mol. The van der Waals surface area contributed by atoms with Gasteiger partial charge in [0.15, 0.2) is 18.0 Å². The van der Waals surface area contributed by atoms with Gasteiger partial charge in [-0.3, -0.25) is 9.36 Å². The molecule has 12 heteroatoms. The monoisotopic (exact) mass is 586 g/mol. The van der Waals surface area contributed by atoms with Gasteiger partial charge in [-0.05, 0) is 71.4 Å². The Hall–Kier alpha value is -1.94. The molecule has 4 heterocycles. The number of ether oxygens (including phenoxy) is 1. The Morgan fingerprint density at radius 3 is 2.34 bits per heavy atom. The molecule has 4 aromatic rings. The molecule has 1 atom stereocenters. The normalized spacial score (nSPS) is 11.2. The molecule has 0 aromatic carbocycles. The lowest BCUT2D eigenvalue weighted by atomic mass is 9.98. The van der Waals surface area contributed by atoms with Crippen LogP contribution in [0.4, 0.5) is 0 Å². The number of aromatic nitrogens is 6. The fourth-order valence-electron chi connectivity index (χ4n) is 2.26. The number of aromatic amines is 1. The molecule has 0 spiro atoms. The Bertz CT molecular complexity index is 1160. The molecule has 4 rings (SSSR count). The molecule has 1 N–H and O–H groups in total. The maximum absolute atomic E-state index is 11.7. The number of carbonyl (C=O) groups is 1. The molecule has 0 bridgehead atoms. The van der Waals surface area contributed by atoms with Gasteiger partial charge >= 0.3 is 5.97 Å². The van der Waals surface area contributed by atoms with E-state index in [4.69, 9.17) is 4.74 Å². The van der Waals surface area contributed by atoms with Crippen molar-refractivity contribution in [2.45, 2.75) is 27.5 Å².